The van der Waals surface area contributed by atoms with Crippen molar-refractivity contribution in [2.45, 2.75) is 51.6 Å². The Bertz CT molecular complexity index is 448. The van der Waals surface area contributed by atoms with Crippen molar-refractivity contribution in [2.75, 3.05) is 0 Å². The fourth-order valence-electron chi connectivity index (χ4n) is 2.22. The van der Waals surface area contributed by atoms with Gasteiger partial charge in [0.2, 0.25) is 0 Å². The van der Waals surface area contributed by atoms with E-state index in [1.807, 2.05) is 37.3 Å². The Kier molecular flexibility index (Phi) is 7.29. The highest BCUT2D eigenvalue weighted by atomic mass is 16.4. The first-order valence-electron chi connectivity index (χ1n) is 7.40. The van der Waals surface area contributed by atoms with Crippen LogP contribution in [-0.2, 0) is 4.79 Å². The smallest absolute Gasteiger partial charge is 0.315 e. The molecule has 0 aliphatic rings. The predicted molar refractivity (Wildman–Crippen MR) is 82.1 cm³/mol. The summed E-state index contributed by atoms with van der Waals surface area (Å²) in [7, 11) is 0. The Morgan fingerprint density at radius 1 is 1.14 bits per heavy atom. The van der Waals surface area contributed by atoms with E-state index in [9.17, 15) is 9.59 Å². The maximum Gasteiger partial charge on any atom is 0.315 e. The number of carbonyl (C=O) groups is 2. The van der Waals surface area contributed by atoms with Crippen LogP contribution in [0.15, 0.2) is 30.3 Å². The van der Waals surface area contributed by atoms with Gasteiger partial charge in [0.05, 0.1) is 12.5 Å². The third kappa shape index (κ3) is 6.29. The average molecular weight is 292 g/mol. The van der Waals surface area contributed by atoms with Crippen molar-refractivity contribution >= 4 is 12.0 Å². The van der Waals surface area contributed by atoms with E-state index in [0.717, 1.165) is 24.8 Å². The summed E-state index contributed by atoms with van der Waals surface area (Å²) in [5.41, 5.74) is 0.790. The van der Waals surface area contributed by atoms with Crippen LogP contribution in [0.1, 0.15) is 51.1 Å². The lowest BCUT2D eigenvalue weighted by Crippen LogP contribution is -2.43. The van der Waals surface area contributed by atoms with Crippen LogP contribution >= 0.6 is 0 Å². The van der Waals surface area contributed by atoms with Gasteiger partial charge in [-0.25, -0.2) is 4.79 Å². The molecular weight excluding hydrogens is 268 g/mol. The molecule has 3 N–H and O–H groups in total. The Hall–Kier alpha value is -2.04. The molecular formula is C16H24N2O3. The Morgan fingerprint density at radius 3 is 2.33 bits per heavy atom. The number of benzene rings is 1. The second kappa shape index (κ2) is 9.00. The summed E-state index contributed by atoms with van der Waals surface area (Å²) in [6.07, 6.45) is 2.63. The Morgan fingerprint density at radius 2 is 1.81 bits per heavy atom. The first-order chi connectivity index (χ1) is 10.1. The molecule has 116 valence electrons. The van der Waals surface area contributed by atoms with Gasteiger partial charge in [0.25, 0.3) is 0 Å². The molecule has 2 atom stereocenters. The zero-order valence-corrected chi connectivity index (χ0v) is 12.6. The number of carbonyl (C=O) groups excluding carboxylic acids is 1. The number of amides is 2. The fraction of sp³-hybridized carbons (Fsp3) is 0.500. The van der Waals surface area contributed by atoms with Crippen molar-refractivity contribution in [3.63, 3.8) is 0 Å². The molecule has 0 radical (unpaired) electrons. The Labute approximate surface area is 125 Å². The molecule has 0 spiro atoms. The maximum atomic E-state index is 12.0. The second-order valence-corrected chi connectivity index (χ2v) is 5.07. The van der Waals surface area contributed by atoms with Gasteiger partial charge < -0.3 is 15.7 Å². The molecule has 21 heavy (non-hydrogen) atoms. The average Bonchev–Trinajstić information content (AvgIpc) is 2.46. The first kappa shape index (κ1) is 17.0. The summed E-state index contributed by atoms with van der Waals surface area (Å²) in [4.78, 5) is 23.0. The minimum atomic E-state index is -0.940. The maximum absolute atomic E-state index is 12.0. The molecule has 0 saturated heterocycles. The highest BCUT2D eigenvalue weighted by molar-refractivity contribution is 5.76. The molecule has 0 bridgehead atoms. The molecule has 0 aromatic heterocycles. The van der Waals surface area contributed by atoms with Crippen molar-refractivity contribution in [3.05, 3.63) is 35.9 Å². The molecule has 0 aliphatic carbocycles. The van der Waals surface area contributed by atoms with Gasteiger partial charge >= 0.3 is 12.0 Å². The molecule has 2 unspecified atom stereocenters. The minimum Gasteiger partial charge on any atom is -0.481 e. The number of carboxylic acid groups (broad SMARTS) is 1. The molecule has 1 aromatic carbocycles. The van der Waals surface area contributed by atoms with Crippen molar-refractivity contribution < 1.29 is 14.7 Å². The van der Waals surface area contributed by atoms with Crippen molar-refractivity contribution in [1.29, 1.82) is 0 Å². The standard InChI is InChI=1S/C16H24N2O3/c1-3-8-13(4-2)17-16(21)18-14(11-15(19)20)12-9-6-5-7-10-12/h5-7,9-10,13-14H,3-4,8,11H2,1-2H3,(H,19,20)(H2,17,18,21). The third-order valence-electron chi connectivity index (χ3n) is 3.35. The molecule has 0 fully saturated rings. The van der Waals surface area contributed by atoms with Crippen LogP contribution in [0, 0.1) is 0 Å². The van der Waals surface area contributed by atoms with Crippen LogP contribution in [0.4, 0.5) is 4.79 Å². The number of hydrogen-bond acceptors (Lipinski definition) is 2. The van der Waals surface area contributed by atoms with E-state index in [4.69, 9.17) is 5.11 Å². The van der Waals surface area contributed by atoms with Crippen LogP contribution in [-0.4, -0.2) is 23.1 Å². The number of rotatable bonds is 8. The molecule has 0 heterocycles. The lowest BCUT2D eigenvalue weighted by molar-refractivity contribution is -0.137. The third-order valence-corrected chi connectivity index (χ3v) is 3.35. The summed E-state index contributed by atoms with van der Waals surface area (Å²) in [6.45, 7) is 4.09. The monoisotopic (exact) mass is 292 g/mol. The lowest BCUT2D eigenvalue weighted by Gasteiger charge is -2.21. The van der Waals surface area contributed by atoms with E-state index in [-0.39, 0.29) is 18.5 Å². The Balaban J connectivity index is 2.68. The summed E-state index contributed by atoms with van der Waals surface area (Å²) < 4.78 is 0. The van der Waals surface area contributed by atoms with Crippen LogP contribution in [0.2, 0.25) is 0 Å². The van der Waals surface area contributed by atoms with E-state index in [1.54, 1.807) is 0 Å². The highest BCUT2D eigenvalue weighted by Gasteiger charge is 2.19. The number of carboxylic acids is 1. The quantitative estimate of drug-likeness (QED) is 0.689. The second-order valence-electron chi connectivity index (χ2n) is 5.07. The topological polar surface area (TPSA) is 78.4 Å². The van der Waals surface area contributed by atoms with Crippen molar-refractivity contribution in [2.24, 2.45) is 0 Å². The normalized spacial score (nSPS) is 13.2. The number of urea groups is 1. The zero-order valence-electron chi connectivity index (χ0n) is 12.6. The summed E-state index contributed by atoms with van der Waals surface area (Å²) in [6, 6.07) is 8.43. The molecule has 2 amide bonds. The van der Waals surface area contributed by atoms with E-state index >= 15 is 0 Å². The molecule has 1 rings (SSSR count). The van der Waals surface area contributed by atoms with Gasteiger partial charge in [-0.1, -0.05) is 50.6 Å². The number of nitrogens with one attached hydrogen (secondary N) is 2. The lowest BCUT2D eigenvalue weighted by atomic mass is 10.0. The van der Waals surface area contributed by atoms with Crippen LogP contribution in [0.25, 0.3) is 0 Å². The van der Waals surface area contributed by atoms with E-state index < -0.39 is 12.0 Å². The van der Waals surface area contributed by atoms with E-state index in [0.29, 0.717) is 0 Å². The van der Waals surface area contributed by atoms with Gasteiger partial charge in [-0.15, -0.1) is 0 Å². The summed E-state index contributed by atoms with van der Waals surface area (Å²) in [5.74, 6) is -0.940. The largest absolute Gasteiger partial charge is 0.481 e. The SMILES string of the molecule is CCCC(CC)NC(=O)NC(CC(=O)O)c1ccccc1. The van der Waals surface area contributed by atoms with Gasteiger partial charge in [0, 0.05) is 6.04 Å². The van der Waals surface area contributed by atoms with E-state index in [1.165, 1.54) is 0 Å². The first-order valence-corrected chi connectivity index (χ1v) is 7.40. The van der Waals surface area contributed by atoms with E-state index in [2.05, 4.69) is 17.6 Å². The molecule has 1 aromatic rings. The van der Waals surface area contributed by atoms with Gasteiger partial charge in [-0.3, -0.25) is 4.79 Å². The molecule has 5 nitrogen and oxygen atoms in total. The number of aliphatic carboxylic acids is 1. The molecule has 5 heteroatoms. The van der Waals surface area contributed by atoms with Crippen molar-refractivity contribution in [1.82, 2.24) is 10.6 Å². The van der Waals surface area contributed by atoms with Gasteiger partial charge in [-0.05, 0) is 18.4 Å². The van der Waals surface area contributed by atoms with Crippen LogP contribution in [0.3, 0.4) is 0 Å². The van der Waals surface area contributed by atoms with Crippen LogP contribution in [0.5, 0.6) is 0 Å². The minimum absolute atomic E-state index is 0.122. The zero-order chi connectivity index (χ0) is 15.7. The molecule has 0 aliphatic heterocycles. The summed E-state index contributed by atoms with van der Waals surface area (Å²) in [5, 5.41) is 14.7. The van der Waals surface area contributed by atoms with Gasteiger partial charge in [0.1, 0.15) is 0 Å². The molecule has 0 saturated carbocycles. The van der Waals surface area contributed by atoms with Gasteiger partial charge in [-0.2, -0.15) is 0 Å². The fourth-order valence-corrected chi connectivity index (χ4v) is 2.22. The van der Waals surface area contributed by atoms with Gasteiger partial charge in [0.15, 0.2) is 0 Å². The highest BCUT2D eigenvalue weighted by Crippen LogP contribution is 2.16. The number of hydrogen-bond donors (Lipinski definition) is 3. The van der Waals surface area contributed by atoms with Crippen molar-refractivity contribution in [3.8, 4) is 0 Å². The predicted octanol–water partition coefficient (Wildman–Crippen LogP) is 3.08. The summed E-state index contributed by atoms with van der Waals surface area (Å²) >= 11 is 0. The van der Waals surface area contributed by atoms with Crippen LogP contribution < -0.4 is 10.6 Å².